The lowest BCUT2D eigenvalue weighted by Crippen LogP contribution is -2.30. The van der Waals surface area contributed by atoms with Gasteiger partial charge in [0.05, 0.1) is 10.2 Å². The SMILES string of the molecule is Brc1cnccc1N1CCCN(Cc2ccccc2)CC1. The van der Waals surface area contributed by atoms with Gasteiger partial charge in [-0.3, -0.25) is 9.88 Å². The number of aromatic nitrogens is 1. The van der Waals surface area contributed by atoms with E-state index in [1.165, 1.54) is 17.7 Å². The zero-order valence-electron chi connectivity index (χ0n) is 12.1. The molecular formula is C17H20BrN3. The van der Waals surface area contributed by atoms with Crippen LogP contribution >= 0.6 is 15.9 Å². The number of hydrogen-bond acceptors (Lipinski definition) is 3. The predicted molar refractivity (Wildman–Crippen MR) is 90.5 cm³/mol. The van der Waals surface area contributed by atoms with Gasteiger partial charge >= 0.3 is 0 Å². The van der Waals surface area contributed by atoms with Crippen LogP contribution in [-0.2, 0) is 6.54 Å². The van der Waals surface area contributed by atoms with Crippen molar-refractivity contribution in [3.63, 3.8) is 0 Å². The molecule has 4 heteroatoms. The minimum absolute atomic E-state index is 1.05. The van der Waals surface area contributed by atoms with Gasteiger partial charge in [0, 0.05) is 45.1 Å². The van der Waals surface area contributed by atoms with Gasteiger partial charge in [-0.2, -0.15) is 0 Å². The fourth-order valence-electron chi connectivity index (χ4n) is 2.84. The van der Waals surface area contributed by atoms with E-state index < -0.39 is 0 Å². The minimum atomic E-state index is 1.05. The van der Waals surface area contributed by atoms with Crippen molar-refractivity contribution in [1.82, 2.24) is 9.88 Å². The topological polar surface area (TPSA) is 19.4 Å². The first-order valence-electron chi connectivity index (χ1n) is 7.44. The number of benzene rings is 1. The van der Waals surface area contributed by atoms with E-state index in [9.17, 15) is 0 Å². The molecular weight excluding hydrogens is 326 g/mol. The van der Waals surface area contributed by atoms with Crippen LogP contribution in [0.25, 0.3) is 0 Å². The van der Waals surface area contributed by atoms with Crippen LogP contribution in [0.5, 0.6) is 0 Å². The summed E-state index contributed by atoms with van der Waals surface area (Å²) < 4.78 is 1.08. The average molecular weight is 346 g/mol. The zero-order chi connectivity index (χ0) is 14.5. The Labute approximate surface area is 134 Å². The van der Waals surface area contributed by atoms with Gasteiger partial charge in [-0.15, -0.1) is 0 Å². The van der Waals surface area contributed by atoms with Gasteiger partial charge in [0.2, 0.25) is 0 Å². The van der Waals surface area contributed by atoms with E-state index >= 15 is 0 Å². The van der Waals surface area contributed by atoms with Crippen molar-refractivity contribution in [2.24, 2.45) is 0 Å². The second-order valence-corrected chi connectivity index (χ2v) is 6.28. The summed E-state index contributed by atoms with van der Waals surface area (Å²) in [4.78, 5) is 9.15. The summed E-state index contributed by atoms with van der Waals surface area (Å²) in [6.07, 6.45) is 4.94. The summed E-state index contributed by atoms with van der Waals surface area (Å²) >= 11 is 3.61. The minimum Gasteiger partial charge on any atom is -0.369 e. The molecule has 0 bridgehead atoms. The van der Waals surface area contributed by atoms with Crippen molar-refractivity contribution in [2.75, 3.05) is 31.1 Å². The molecule has 0 radical (unpaired) electrons. The van der Waals surface area contributed by atoms with E-state index in [1.54, 1.807) is 0 Å². The van der Waals surface area contributed by atoms with Crippen LogP contribution in [0.4, 0.5) is 5.69 Å². The fourth-order valence-corrected chi connectivity index (χ4v) is 3.34. The number of halogens is 1. The second kappa shape index (κ2) is 7.05. The Hall–Kier alpha value is -1.39. The van der Waals surface area contributed by atoms with Crippen molar-refractivity contribution in [3.05, 3.63) is 58.8 Å². The lowest BCUT2D eigenvalue weighted by atomic mass is 10.2. The Morgan fingerprint density at radius 3 is 2.67 bits per heavy atom. The quantitative estimate of drug-likeness (QED) is 0.847. The van der Waals surface area contributed by atoms with Gasteiger partial charge in [-0.1, -0.05) is 30.3 Å². The van der Waals surface area contributed by atoms with E-state index in [1.807, 2.05) is 12.4 Å². The molecule has 2 aromatic rings. The molecule has 21 heavy (non-hydrogen) atoms. The molecule has 1 aliphatic heterocycles. The Kier molecular flexibility index (Phi) is 4.88. The summed E-state index contributed by atoms with van der Waals surface area (Å²) in [6.45, 7) is 5.48. The first-order chi connectivity index (χ1) is 10.3. The summed E-state index contributed by atoms with van der Waals surface area (Å²) in [6, 6.07) is 12.8. The molecule has 2 heterocycles. The number of rotatable bonds is 3. The third-order valence-corrected chi connectivity index (χ3v) is 4.54. The van der Waals surface area contributed by atoms with Gasteiger partial charge in [-0.25, -0.2) is 0 Å². The molecule has 3 rings (SSSR count). The van der Waals surface area contributed by atoms with E-state index in [0.717, 1.165) is 37.2 Å². The maximum Gasteiger partial charge on any atom is 0.0592 e. The van der Waals surface area contributed by atoms with Crippen molar-refractivity contribution in [3.8, 4) is 0 Å². The number of nitrogens with zero attached hydrogens (tertiary/aromatic N) is 3. The van der Waals surface area contributed by atoms with E-state index in [0.29, 0.717) is 0 Å². The molecule has 1 aliphatic rings. The average Bonchev–Trinajstić information content (AvgIpc) is 2.74. The van der Waals surface area contributed by atoms with E-state index in [2.05, 4.69) is 67.1 Å². The molecule has 1 aromatic carbocycles. The molecule has 110 valence electrons. The third-order valence-electron chi connectivity index (χ3n) is 3.93. The summed E-state index contributed by atoms with van der Waals surface area (Å²) in [5.41, 5.74) is 2.66. The lowest BCUT2D eigenvalue weighted by molar-refractivity contribution is 0.285. The Morgan fingerprint density at radius 1 is 1.00 bits per heavy atom. The van der Waals surface area contributed by atoms with Gasteiger partial charge in [0.1, 0.15) is 0 Å². The number of pyridine rings is 1. The van der Waals surface area contributed by atoms with Crippen LogP contribution in [-0.4, -0.2) is 36.1 Å². The Morgan fingerprint density at radius 2 is 1.86 bits per heavy atom. The molecule has 1 fully saturated rings. The molecule has 0 atom stereocenters. The first kappa shape index (κ1) is 14.5. The number of anilines is 1. The van der Waals surface area contributed by atoms with Crippen LogP contribution in [0.2, 0.25) is 0 Å². The third kappa shape index (κ3) is 3.83. The highest BCUT2D eigenvalue weighted by atomic mass is 79.9. The van der Waals surface area contributed by atoms with Gasteiger partial charge in [-0.05, 0) is 34.0 Å². The molecule has 0 amide bonds. The van der Waals surface area contributed by atoms with Crippen LogP contribution in [0.15, 0.2) is 53.3 Å². The van der Waals surface area contributed by atoms with Crippen molar-refractivity contribution < 1.29 is 0 Å². The van der Waals surface area contributed by atoms with Crippen LogP contribution in [0.1, 0.15) is 12.0 Å². The summed E-state index contributed by atoms with van der Waals surface area (Å²) in [5, 5.41) is 0. The molecule has 1 aromatic heterocycles. The Bertz CT molecular complexity index is 573. The summed E-state index contributed by atoms with van der Waals surface area (Å²) in [7, 11) is 0. The first-order valence-corrected chi connectivity index (χ1v) is 8.23. The normalized spacial score (nSPS) is 16.7. The lowest BCUT2D eigenvalue weighted by Gasteiger charge is -2.24. The largest absolute Gasteiger partial charge is 0.369 e. The molecule has 0 saturated carbocycles. The fraction of sp³-hybridized carbons (Fsp3) is 0.353. The van der Waals surface area contributed by atoms with Crippen LogP contribution in [0, 0.1) is 0 Å². The maximum absolute atomic E-state index is 4.15. The Balaban J connectivity index is 1.63. The standard InChI is InChI=1S/C17H20BrN3/c18-16-13-19-8-7-17(16)21-10-4-9-20(11-12-21)14-15-5-2-1-3-6-15/h1-3,5-8,13H,4,9-12,14H2. The van der Waals surface area contributed by atoms with Gasteiger partial charge < -0.3 is 4.90 Å². The highest BCUT2D eigenvalue weighted by Crippen LogP contribution is 2.25. The molecule has 3 nitrogen and oxygen atoms in total. The second-order valence-electron chi connectivity index (χ2n) is 5.43. The van der Waals surface area contributed by atoms with Crippen molar-refractivity contribution in [2.45, 2.75) is 13.0 Å². The van der Waals surface area contributed by atoms with Gasteiger partial charge in [0.25, 0.3) is 0 Å². The van der Waals surface area contributed by atoms with Crippen molar-refractivity contribution in [1.29, 1.82) is 0 Å². The van der Waals surface area contributed by atoms with Crippen LogP contribution in [0.3, 0.4) is 0 Å². The predicted octanol–water partition coefficient (Wildman–Crippen LogP) is 3.56. The smallest absolute Gasteiger partial charge is 0.0592 e. The van der Waals surface area contributed by atoms with E-state index in [-0.39, 0.29) is 0 Å². The molecule has 0 aliphatic carbocycles. The maximum atomic E-state index is 4.15. The number of hydrogen-bond donors (Lipinski definition) is 0. The summed E-state index contributed by atoms with van der Waals surface area (Å²) in [5.74, 6) is 0. The molecule has 1 saturated heterocycles. The highest BCUT2D eigenvalue weighted by Gasteiger charge is 2.16. The molecule has 0 unspecified atom stereocenters. The van der Waals surface area contributed by atoms with E-state index in [4.69, 9.17) is 0 Å². The monoisotopic (exact) mass is 345 g/mol. The molecule has 0 spiro atoms. The van der Waals surface area contributed by atoms with Crippen LogP contribution < -0.4 is 4.90 Å². The van der Waals surface area contributed by atoms with Crippen molar-refractivity contribution >= 4 is 21.6 Å². The highest BCUT2D eigenvalue weighted by molar-refractivity contribution is 9.10. The zero-order valence-corrected chi connectivity index (χ0v) is 13.7. The van der Waals surface area contributed by atoms with Gasteiger partial charge in [0.15, 0.2) is 0 Å². The molecule has 0 N–H and O–H groups in total.